The Morgan fingerprint density at radius 3 is 2.46 bits per heavy atom. The Bertz CT molecular complexity index is 3670. The zero-order chi connectivity index (χ0) is 57.9. The van der Waals surface area contributed by atoms with Crippen molar-refractivity contribution >= 4 is 57.9 Å². The number of ether oxygens (including phenoxy) is 3. The summed E-state index contributed by atoms with van der Waals surface area (Å²) >= 11 is 0. The summed E-state index contributed by atoms with van der Waals surface area (Å²) in [6.45, 7) is 6.76. The Labute approximate surface area is 484 Å². The van der Waals surface area contributed by atoms with E-state index >= 15 is 0 Å². The molecule has 3 aromatic heterocycles. The molecule has 7 aromatic rings. The normalized spacial score (nSPS) is 16.0. The average molecular weight is 1130 g/mol. The van der Waals surface area contributed by atoms with Gasteiger partial charge in [-0.2, -0.15) is 0 Å². The number of nitrogens with zero attached hydrogens (tertiary/aromatic N) is 10. The SMILES string of the molecule is CNc1nc(-c2cnc3ccccc3c2)nc2c1CCN(C(=O)c1ccc(COc3ccc(C#CCN4CCN(C(=O)CCCn5cc(COCCOCCNc6cccc7c6C(=O)N(C6CCC(=O)NC6=O)C7=O)nn5)CC4)cc3)cc1)C2. The molecule has 0 bridgehead atoms. The van der Waals surface area contributed by atoms with Crippen LogP contribution in [0.2, 0.25) is 0 Å². The fourth-order valence-electron chi connectivity index (χ4n) is 10.7. The van der Waals surface area contributed by atoms with Crippen molar-refractivity contribution in [3.05, 3.63) is 154 Å². The molecule has 4 aliphatic rings. The van der Waals surface area contributed by atoms with Crippen molar-refractivity contribution in [2.45, 2.75) is 64.4 Å². The quantitative estimate of drug-likeness (QED) is 0.0480. The summed E-state index contributed by atoms with van der Waals surface area (Å²) in [5.74, 6) is 6.44. The number of para-hydroxylation sites is 1. The summed E-state index contributed by atoms with van der Waals surface area (Å²) in [7, 11) is 1.86. The Kier molecular flexibility index (Phi) is 17.6. The van der Waals surface area contributed by atoms with Gasteiger partial charge in [0.2, 0.25) is 17.7 Å². The minimum atomic E-state index is -1.03. The van der Waals surface area contributed by atoms with Crippen LogP contribution in [0.3, 0.4) is 0 Å². The highest BCUT2D eigenvalue weighted by Crippen LogP contribution is 2.33. The van der Waals surface area contributed by atoms with Gasteiger partial charge in [-0.3, -0.25) is 53.5 Å². The van der Waals surface area contributed by atoms with E-state index in [4.69, 9.17) is 24.2 Å². The molecular weight excluding hydrogens is 1070 g/mol. The van der Waals surface area contributed by atoms with E-state index in [0.717, 1.165) is 68.4 Å². The first-order chi connectivity index (χ1) is 41.0. The van der Waals surface area contributed by atoms with Crippen molar-refractivity contribution in [3.8, 4) is 29.0 Å². The number of fused-ring (bicyclic) bond motifs is 3. The number of carbonyl (C=O) groups is 6. The van der Waals surface area contributed by atoms with Crippen molar-refractivity contribution in [1.29, 1.82) is 0 Å². The van der Waals surface area contributed by atoms with E-state index in [9.17, 15) is 28.8 Å². The highest BCUT2D eigenvalue weighted by molar-refractivity contribution is 6.25. The molecule has 2 fully saturated rings. The zero-order valence-electron chi connectivity index (χ0n) is 46.6. The predicted octanol–water partition coefficient (Wildman–Crippen LogP) is 5.13. The van der Waals surface area contributed by atoms with Gasteiger partial charge in [-0.1, -0.05) is 53.5 Å². The summed E-state index contributed by atoms with van der Waals surface area (Å²) < 4.78 is 19.2. The molecule has 22 heteroatoms. The van der Waals surface area contributed by atoms with Crippen molar-refractivity contribution < 1.29 is 43.0 Å². The number of amides is 6. The third-order valence-electron chi connectivity index (χ3n) is 15.2. The van der Waals surface area contributed by atoms with Crippen LogP contribution in [0, 0.1) is 11.8 Å². The van der Waals surface area contributed by atoms with Gasteiger partial charge in [0.05, 0.1) is 68.1 Å². The lowest BCUT2D eigenvalue weighted by molar-refractivity contribution is -0.136. The second-order valence-electron chi connectivity index (χ2n) is 20.8. The monoisotopic (exact) mass is 1130 g/mol. The first-order valence-electron chi connectivity index (χ1n) is 28.2. The van der Waals surface area contributed by atoms with Gasteiger partial charge in [-0.25, -0.2) is 9.97 Å². The van der Waals surface area contributed by atoms with Crippen LogP contribution >= 0.6 is 0 Å². The summed E-state index contributed by atoms with van der Waals surface area (Å²) in [6.07, 6.45) is 5.42. The van der Waals surface area contributed by atoms with Crippen LogP contribution in [0.5, 0.6) is 5.75 Å². The second kappa shape index (κ2) is 26.2. The van der Waals surface area contributed by atoms with Crippen LogP contribution in [0.15, 0.2) is 109 Å². The summed E-state index contributed by atoms with van der Waals surface area (Å²) in [5.41, 5.74) is 7.52. The molecule has 1 unspecified atom stereocenters. The number of piperidine rings is 1. The molecule has 22 nitrogen and oxygen atoms in total. The maximum atomic E-state index is 13.7. The molecule has 430 valence electrons. The topological polar surface area (TPSA) is 249 Å². The van der Waals surface area contributed by atoms with Crippen LogP contribution in [0.25, 0.3) is 22.3 Å². The molecule has 0 aliphatic carbocycles. The number of pyridine rings is 1. The summed E-state index contributed by atoms with van der Waals surface area (Å²) in [5, 5.41) is 18.0. The molecule has 3 N–H and O–H groups in total. The Morgan fingerprint density at radius 2 is 1.64 bits per heavy atom. The molecule has 11 rings (SSSR count). The van der Waals surface area contributed by atoms with Crippen LogP contribution in [-0.2, 0) is 56.6 Å². The Hall–Kier alpha value is -9.43. The first-order valence-corrected chi connectivity index (χ1v) is 28.2. The molecule has 0 spiro atoms. The molecule has 6 amide bonds. The molecule has 7 heterocycles. The van der Waals surface area contributed by atoms with E-state index in [1.54, 1.807) is 29.1 Å². The number of nitrogens with one attached hydrogen (secondary N) is 3. The maximum Gasteiger partial charge on any atom is 0.264 e. The van der Waals surface area contributed by atoms with Crippen molar-refractivity contribution in [3.63, 3.8) is 0 Å². The van der Waals surface area contributed by atoms with Gasteiger partial charge in [0.1, 0.15) is 29.9 Å². The first kappa shape index (κ1) is 56.4. The van der Waals surface area contributed by atoms with Gasteiger partial charge in [0.15, 0.2) is 5.82 Å². The van der Waals surface area contributed by atoms with Gasteiger partial charge >= 0.3 is 0 Å². The predicted molar refractivity (Wildman–Crippen MR) is 309 cm³/mol. The minimum absolute atomic E-state index is 0.0505. The third-order valence-corrected chi connectivity index (χ3v) is 15.2. The Balaban J connectivity index is 0.537. The lowest BCUT2D eigenvalue weighted by Crippen LogP contribution is -2.54. The summed E-state index contributed by atoms with van der Waals surface area (Å²) in [4.78, 5) is 98.5. The van der Waals surface area contributed by atoms with Gasteiger partial charge in [-0.15, -0.1) is 5.10 Å². The maximum absolute atomic E-state index is 13.7. The second-order valence-corrected chi connectivity index (χ2v) is 20.8. The molecule has 0 saturated carbocycles. The number of hydrogen-bond donors (Lipinski definition) is 3. The van der Waals surface area contributed by atoms with Crippen LogP contribution < -0.4 is 20.7 Å². The molecule has 0 radical (unpaired) electrons. The van der Waals surface area contributed by atoms with Gasteiger partial charge in [0.25, 0.3) is 17.7 Å². The number of hydrogen-bond acceptors (Lipinski definition) is 17. The highest BCUT2D eigenvalue weighted by Gasteiger charge is 2.45. The smallest absolute Gasteiger partial charge is 0.264 e. The van der Waals surface area contributed by atoms with E-state index < -0.39 is 29.7 Å². The molecule has 4 aliphatic heterocycles. The standard InChI is InChI=1S/C62H63N13O9/c1-63-58-48-23-27-73(38-52(48)66-57(68-58)45-35-44-8-2-3-10-50(44)65-36-45)60(79)43-17-13-42(14-18-43)39-84-47-19-15-41(16-20-47)7-5-25-71-28-30-72(31-29-71)55(77)12-6-26-74-37-46(69-70-74)40-83-34-33-82-32-24-64-51-11-4-9-49-56(51)62(81)75(61(49)80)53-21-22-54(76)67-59(53)78/h2-4,8-11,13-20,35-37,53,64H,6,12,21-34,38-40H2,1H3,(H,63,66,68)(H,67,76,78). The van der Waals surface area contributed by atoms with Gasteiger partial charge < -0.3 is 34.6 Å². The van der Waals surface area contributed by atoms with Crippen LogP contribution in [0.1, 0.15) is 84.8 Å². The molecule has 1 atom stereocenters. The van der Waals surface area contributed by atoms with Crippen molar-refractivity contribution in [1.82, 2.24) is 54.9 Å². The number of aryl methyl sites for hydroxylation is 1. The number of benzene rings is 4. The highest BCUT2D eigenvalue weighted by atomic mass is 16.5. The largest absolute Gasteiger partial charge is 0.489 e. The molecule has 84 heavy (non-hydrogen) atoms. The van der Waals surface area contributed by atoms with Crippen LogP contribution in [-0.4, -0.2) is 164 Å². The van der Waals surface area contributed by atoms with Gasteiger partial charge in [-0.05, 0) is 85.5 Å². The molecule has 4 aromatic carbocycles. The van der Waals surface area contributed by atoms with Crippen molar-refractivity contribution in [2.24, 2.45) is 0 Å². The van der Waals surface area contributed by atoms with Crippen LogP contribution in [0.4, 0.5) is 11.5 Å². The fraction of sp³-hybridized carbons (Fsp3) is 0.339. The number of anilines is 2. The summed E-state index contributed by atoms with van der Waals surface area (Å²) in [6, 6.07) is 29.1. The number of rotatable bonds is 21. The number of aromatic nitrogens is 6. The van der Waals surface area contributed by atoms with Crippen molar-refractivity contribution in [2.75, 3.05) is 83.3 Å². The van der Waals surface area contributed by atoms with Gasteiger partial charge in [0, 0.05) is 105 Å². The van der Waals surface area contributed by atoms with E-state index in [1.165, 1.54) is 0 Å². The number of piperazine rings is 1. The lowest BCUT2D eigenvalue weighted by atomic mass is 10.0. The van der Waals surface area contributed by atoms with E-state index in [0.29, 0.717) is 114 Å². The zero-order valence-corrected chi connectivity index (χ0v) is 46.6. The van der Waals surface area contributed by atoms with E-state index in [2.05, 4.69) is 48.0 Å². The molecule has 2 saturated heterocycles. The lowest BCUT2D eigenvalue weighted by Gasteiger charge is -2.33. The Morgan fingerprint density at radius 1 is 0.821 bits per heavy atom. The van der Waals surface area contributed by atoms with E-state index in [-0.39, 0.29) is 42.4 Å². The number of carbonyl (C=O) groups excluding carboxylic acids is 6. The average Bonchev–Trinajstić information content (AvgIpc) is 4.27. The minimum Gasteiger partial charge on any atom is -0.489 e. The third kappa shape index (κ3) is 13.2. The fourth-order valence-corrected chi connectivity index (χ4v) is 10.7. The van der Waals surface area contributed by atoms with E-state index in [1.807, 2.05) is 102 Å². The molecular formula is C62H63N13O9. The number of imide groups is 2.